The zero-order chi connectivity index (χ0) is 14.8. The van der Waals surface area contributed by atoms with Crippen molar-refractivity contribution in [2.75, 3.05) is 7.05 Å². The fourth-order valence-corrected chi connectivity index (χ4v) is 2.70. The van der Waals surface area contributed by atoms with Crippen molar-refractivity contribution in [1.82, 2.24) is 10.3 Å². The van der Waals surface area contributed by atoms with Gasteiger partial charge in [0.25, 0.3) is 0 Å². The highest BCUT2D eigenvalue weighted by Crippen LogP contribution is 2.28. The third-order valence-electron chi connectivity index (χ3n) is 3.77. The van der Waals surface area contributed by atoms with Gasteiger partial charge in [0.2, 0.25) is 0 Å². The van der Waals surface area contributed by atoms with Gasteiger partial charge >= 0.3 is 0 Å². The number of aromatic nitrogens is 1. The molecule has 1 aromatic heterocycles. The summed E-state index contributed by atoms with van der Waals surface area (Å²) in [4.78, 5) is 4.57. The molecule has 0 spiro atoms. The molecule has 3 rings (SSSR count). The molecule has 1 heterocycles. The highest BCUT2D eigenvalue weighted by molar-refractivity contribution is 5.85. The zero-order valence-electron chi connectivity index (χ0n) is 12.8. The summed E-state index contributed by atoms with van der Waals surface area (Å²) in [6.45, 7) is 5.04. The highest BCUT2D eigenvalue weighted by Gasteiger charge is 2.06. The lowest BCUT2D eigenvalue weighted by atomic mass is 9.96. The number of nitrogens with one attached hydrogen (secondary N) is 1. The van der Waals surface area contributed by atoms with Crippen LogP contribution in [0.15, 0.2) is 48.5 Å². The molecule has 0 aliphatic heterocycles. The molecule has 2 heteroatoms. The number of hydrogen-bond donors (Lipinski definition) is 1. The van der Waals surface area contributed by atoms with Crippen molar-refractivity contribution in [2.24, 2.45) is 0 Å². The Morgan fingerprint density at radius 1 is 0.952 bits per heavy atom. The van der Waals surface area contributed by atoms with E-state index in [0.29, 0.717) is 0 Å². The van der Waals surface area contributed by atoms with Gasteiger partial charge in [-0.25, -0.2) is 0 Å². The van der Waals surface area contributed by atoms with Crippen LogP contribution in [-0.4, -0.2) is 12.0 Å². The standard InChI is InChI=1S/C19H20N2/c1-13-4-6-17(12-20-3)18(10-13)15-8-9-19-16(11-15)7-5-14(2)21-19/h4-11,20H,12H2,1-3H3. The van der Waals surface area contributed by atoms with Crippen LogP contribution in [-0.2, 0) is 6.54 Å². The molecule has 0 bridgehead atoms. The van der Waals surface area contributed by atoms with E-state index in [1.165, 1.54) is 27.6 Å². The van der Waals surface area contributed by atoms with E-state index in [-0.39, 0.29) is 0 Å². The number of aryl methyl sites for hydroxylation is 2. The SMILES string of the molecule is CNCc1ccc(C)cc1-c1ccc2nc(C)ccc2c1. The quantitative estimate of drug-likeness (QED) is 0.774. The van der Waals surface area contributed by atoms with Crippen LogP contribution in [0.5, 0.6) is 0 Å². The van der Waals surface area contributed by atoms with Gasteiger partial charge in [0.1, 0.15) is 0 Å². The molecule has 0 atom stereocenters. The molecule has 0 aliphatic rings. The first-order valence-corrected chi connectivity index (χ1v) is 7.29. The summed E-state index contributed by atoms with van der Waals surface area (Å²) in [6.07, 6.45) is 0. The largest absolute Gasteiger partial charge is 0.316 e. The zero-order valence-corrected chi connectivity index (χ0v) is 12.8. The molecule has 0 unspecified atom stereocenters. The number of rotatable bonds is 3. The molecular weight excluding hydrogens is 256 g/mol. The minimum absolute atomic E-state index is 0.875. The van der Waals surface area contributed by atoms with Crippen molar-refractivity contribution >= 4 is 10.9 Å². The maximum atomic E-state index is 4.57. The van der Waals surface area contributed by atoms with E-state index in [1.807, 2.05) is 14.0 Å². The van der Waals surface area contributed by atoms with E-state index in [9.17, 15) is 0 Å². The number of pyridine rings is 1. The minimum atomic E-state index is 0.875. The third-order valence-corrected chi connectivity index (χ3v) is 3.77. The molecule has 3 aromatic rings. The van der Waals surface area contributed by atoms with E-state index in [4.69, 9.17) is 0 Å². The van der Waals surface area contributed by atoms with E-state index >= 15 is 0 Å². The summed E-state index contributed by atoms with van der Waals surface area (Å²) in [5.41, 5.74) is 7.27. The predicted octanol–water partition coefficient (Wildman–Crippen LogP) is 4.24. The number of benzene rings is 2. The first kappa shape index (κ1) is 13.8. The second kappa shape index (κ2) is 5.66. The molecule has 0 saturated heterocycles. The number of nitrogens with zero attached hydrogens (tertiary/aromatic N) is 1. The lowest BCUT2D eigenvalue weighted by molar-refractivity contribution is 0.819. The Kier molecular flexibility index (Phi) is 3.72. The maximum Gasteiger partial charge on any atom is 0.0705 e. The Labute approximate surface area is 125 Å². The van der Waals surface area contributed by atoms with E-state index in [1.54, 1.807) is 0 Å². The van der Waals surface area contributed by atoms with Crippen molar-refractivity contribution in [3.8, 4) is 11.1 Å². The van der Waals surface area contributed by atoms with Crippen LogP contribution in [0.1, 0.15) is 16.8 Å². The van der Waals surface area contributed by atoms with Crippen molar-refractivity contribution in [3.63, 3.8) is 0 Å². The van der Waals surface area contributed by atoms with Gasteiger partial charge in [0.15, 0.2) is 0 Å². The molecule has 2 nitrogen and oxygen atoms in total. The highest BCUT2D eigenvalue weighted by atomic mass is 14.8. The Balaban J connectivity index is 2.15. The topological polar surface area (TPSA) is 24.9 Å². The first-order chi connectivity index (χ1) is 10.2. The van der Waals surface area contributed by atoms with Gasteiger partial charge < -0.3 is 5.32 Å². The Hall–Kier alpha value is -2.19. The lowest BCUT2D eigenvalue weighted by Crippen LogP contribution is -2.06. The summed E-state index contributed by atoms with van der Waals surface area (Å²) in [5, 5.41) is 4.44. The van der Waals surface area contributed by atoms with Crippen LogP contribution in [0.2, 0.25) is 0 Å². The van der Waals surface area contributed by atoms with E-state index in [2.05, 4.69) is 65.8 Å². The molecule has 0 fully saturated rings. The van der Waals surface area contributed by atoms with Gasteiger partial charge in [-0.1, -0.05) is 35.9 Å². The molecule has 0 radical (unpaired) electrons. The van der Waals surface area contributed by atoms with Gasteiger partial charge in [-0.3, -0.25) is 4.98 Å². The molecule has 1 N–H and O–H groups in total. The average Bonchev–Trinajstić information content (AvgIpc) is 2.49. The normalized spacial score (nSPS) is 11.0. The maximum absolute atomic E-state index is 4.57. The van der Waals surface area contributed by atoms with Gasteiger partial charge in [-0.05, 0) is 55.8 Å². The van der Waals surface area contributed by atoms with Crippen LogP contribution >= 0.6 is 0 Å². The van der Waals surface area contributed by atoms with Crippen molar-refractivity contribution < 1.29 is 0 Å². The summed E-state index contributed by atoms with van der Waals surface area (Å²) in [6, 6.07) is 17.4. The van der Waals surface area contributed by atoms with Gasteiger partial charge in [0.05, 0.1) is 5.52 Å². The second-order valence-electron chi connectivity index (χ2n) is 5.55. The Morgan fingerprint density at radius 2 is 1.81 bits per heavy atom. The molecule has 2 aromatic carbocycles. The van der Waals surface area contributed by atoms with Crippen LogP contribution in [0.4, 0.5) is 0 Å². The molecule has 0 aliphatic carbocycles. The number of fused-ring (bicyclic) bond motifs is 1. The van der Waals surface area contributed by atoms with Crippen LogP contribution in [0.25, 0.3) is 22.0 Å². The lowest BCUT2D eigenvalue weighted by Gasteiger charge is -2.11. The van der Waals surface area contributed by atoms with Crippen LogP contribution < -0.4 is 5.32 Å². The minimum Gasteiger partial charge on any atom is -0.316 e. The Morgan fingerprint density at radius 3 is 2.62 bits per heavy atom. The predicted molar refractivity (Wildman–Crippen MR) is 89.4 cm³/mol. The molecule has 0 amide bonds. The van der Waals surface area contributed by atoms with Gasteiger partial charge in [-0.2, -0.15) is 0 Å². The van der Waals surface area contributed by atoms with Crippen molar-refractivity contribution in [3.05, 3.63) is 65.4 Å². The summed E-state index contributed by atoms with van der Waals surface area (Å²) in [7, 11) is 1.98. The third kappa shape index (κ3) is 2.81. The molecule has 21 heavy (non-hydrogen) atoms. The Bertz CT molecular complexity index is 791. The van der Waals surface area contributed by atoms with E-state index < -0.39 is 0 Å². The summed E-state index contributed by atoms with van der Waals surface area (Å²) in [5.74, 6) is 0. The molecule has 106 valence electrons. The molecule has 0 saturated carbocycles. The van der Waals surface area contributed by atoms with E-state index in [0.717, 1.165) is 17.8 Å². The average molecular weight is 276 g/mol. The summed E-state index contributed by atoms with van der Waals surface area (Å²) >= 11 is 0. The van der Waals surface area contributed by atoms with Crippen LogP contribution in [0.3, 0.4) is 0 Å². The first-order valence-electron chi connectivity index (χ1n) is 7.29. The van der Waals surface area contributed by atoms with Crippen molar-refractivity contribution in [2.45, 2.75) is 20.4 Å². The molecular formula is C19H20N2. The smallest absolute Gasteiger partial charge is 0.0705 e. The fraction of sp³-hybridized carbons (Fsp3) is 0.211. The fourth-order valence-electron chi connectivity index (χ4n) is 2.70. The number of hydrogen-bond acceptors (Lipinski definition) is 2. The van der Waals surface area contributed by atoms with Crippen molar-refractivity contribution in [1.29, 1.82) is 0 Å². The van der Waals surface area contributed by atoms with Gasteiger partial charge in [-0.15, -0.1) is 0 Å². The van der Waals surface area contributed by atoms with Gasteiger partial charge in [0, 0.05) is 17.6 Å². The van der Waals surface area contributed by atoms with Crippen LogP contribution in [0, 0.1) is 13.8 Å². The second-order valence-corrected chi connectivity index (χ2v) is 5.55. The summed E-state index contributed by atoms with van der Waals surface area (Å²) < 4.78 is 0. The monoisotopic (exact) mass is 276 g/mol.